The summed E-state index contributed by atoms with van der Waals surface area (Å²) in [4.78, 5) is 4.51. The van der Waals surface area contributed by atoms with E-state index in [1.165, 1.54) is 10.4 Å². The van der Waals surface area contributed by atoms with Crippen LogP contribution in [0, 0.1) is 5.82 Å². The molecule has 27 heavy (non-hydrogen) atoms. The Morgan fingerprint density at radius 3 is 2.70 bits per heavy atom. The smallest absolute Gasteiger partial charge is 0.245 e. The maximum atomic E-state index is 14.1. The molecule has 1 aromatic heterocycles. The van der Waals surface area contributed by atoms with Crippen molar-refractivity contribution < 1.29 is 12.8 Å². The van der Waals surface area contributed by atoms with Gasteiger partial charge < -0.3 is 0 Å². The first-order valence-electron chi connectivity index (χ1n) is 8.77. The standard InChI is InChI=1S/C20H19FN2O2S2/c21-17-8-2-1-7-16(17)18-10-12-23(13-14-26-18)27(24,25)19-9-3-5-15-6-4-11-22-20(15)19/h1-9,11,18H,10,12-14H2. The number of fused-ring (bicyclic) bond motifs is 1. The van der Waals surface area contributed by atoms with Gasteiger partial charge in [-0.15, -0.1) is 0 Å². The van der Waals surface area contributed by atoms with Crippen LogP contribution in [-0.4, -0.2) is 36.5 Å². The van der Waals surface area contributed by atoms with Crippen molar-refractivity contribution >= 4 is 32.7 Å². The molecule has 1 unspecified atom stereocenters. The molecule has 0 N–H and O–H groups in total. The molecule has 1 fully saturated rings. The Hall–Kier alpha value is -1.96. The molecule has 0 amide bonds. The van der Waals surface area contributed by atoms with Crippen LogP contribution in [-0.2, 0) is 10.0 Å². The SMILES string of the molecule is O=S(=O)(c1cccc2cccnc12)N1CCSC(c2ccccc2F)CC1. The largest absolute Gasteiger partial charge is 0.255 e. The molecule has 1 atom stereocenters. The predicted molar refractivity (Wildman–Crippen MR) is 107 cm³/mol. The first-order valence-corrected chi connectivity index (χ1v) is 11.3. The molecule has 0 radical (unpaired) electrons. The zero-order chi connectivity index (χ0) is 18.9. The number of rotatable bonds is 3. The molecule has 1 aliphatic rings. The lowest BCUT2D eigenvalue weighted by molar-refractivity contribution is 0.427. The number of halogens is 1. The Balaban J connectivity index is 1.62. The molecule has 0 aliphatic carbocycles. The van der Waals surface area contributed by atoms with Crippen molar-refractivity contribution in [3.05, 3.63) is 72.2 Å². The minimum atomic E-state index is -3.66. The van der Waals surface area contributed by atoms with Gasteiger partial charge in [0.2, 0.25) is 10.0 Å². The van der Waals surface area contributed by atoms with Gasteiger partial charge in [-0.1, -0.05) is 36.4 Å². The van der Waals surface area contributed by atoms with E-state index in [1.807, 2.05) is 18.2 Å². The number of aromatic nitrogens is 1. The van der Waals surface area contributed by atoms with Crippen molar-refractivity contribution in [2.75, 3.05) is 18.8 Å². The molecule has 2 heterocycles. The lowest BCUT2D eigenvalue weighted by Gasteiger charge is -2.20. The molecule has 2 aromatic carbocycles. The summed E-state index contributed by atoms with van der Waals surface area (Å²) < 4.78 is 42.2. The highest BCUT2D eigenvalue weighted by molar-refractivity contribution is 7.99. The van der Waals surface area contributed by atoms with E-state index in [2.05, 4.69) is 4.98 Å². The highest BCUT2D eigenvalue weighted by Gasteiger charge is 2.30. The van der Waals surface area contributed by atoms with E-state index in [0.29, 0.717) is 36.3 Å². The van der Waals surface area contributed by atoms with Gasteiger partial charge in [-0.05, 0) is 24.6 Å². The number of nitrogens with zero attached hydrogens (tertiary/aromatic N) is 2. The quantitative estimate of drug-likeness (QED) is 0.657. The van der Waals surface area contributed by atoms with E-state index in [-0.39, 0.29) is 16.0 Å². The number of hydrogen-bond donors (Lipinski definition) is 0. The third-order valence-electron chi connectivity index (χ3n) is 4.77. The van der Waals surface area contributed by atoms with Crippen LogP contribution in [0.4, 0.5) is 4.39 Å². The highest BCUT2D eigenvalue weighted by atomic mass is 32.2. The summed E-state index contributed by atoms with van der Waals surface area (Å²) in [5.74, 6) is 0.390. The van der Waals surface area contributed by atoms with Crippen LogP contribution in [0.3, 0.4) is 0 Å². The monoisotopic (exact) mass is 402 g/mol. The van der Waals surface area contributed by atoms with E-state index in [1.54, 1.807) is 48.3 Å². The van der Waals surface area contributed by atoms with Gasteiger partial charge in [0.05, 0.1) is 5.52 Å². The minimum Gasteiger partial charge on any atom is -0.255 e. The first-order chi connectivity index (χ1) is 13.1. The van der Waals surface area contributed by atoms with Gasteiger partial charge in [0, 0.05) is 41.2 Å². The fraction of sp³-hybridized carbons (Fsp3) is 0.250. The Morgan fingerprint density at radius 1 is 1.04 bits per heavy atom. The molecular weight excluding hydrogens is 383 g/mol. The van der Waals surface area contributed by atoms with Crippen LogP contribution in [0.5, 0.6) is 0 Å². The third kappa shape index (κ3) is 3.59. The minimum absolute atomic E-state index is 0.0444. The number of thioether (sulfide) groups is 1. The summed E-state index contributed by atoms with van der Waals surface area (Å²) in [6.45, 7) is 0.763. The van der Waals surface area contributed by atoms with Crippen LogP contribution in [0.1, 0.15) is 17.2 Å². The fourth-order valence-corrected chi connectivity index (χ4v) is 6.39. The van der Waals surface area contributed by atoms with Crippen LogP contribution >= 0.6 is 11.8 Å². The van der Waals surface area contributed by atoms with Gasteiger partial charge in [-0.3, -0.25) is 4.98 Å². The first kappa shape index (κ1) is 18.4. The molecule has 1 aliphatic heterocycles. The second-order valence-corrected chi connectivity index (χ2v) is 9.62. The maximum absolute atomic E-state index is 14.1. The molecule has 140 valence electrons. The molecule has 0 saturated carbocycles. The second kappa shape index (κ2) is 7.58. The van der Waals surface area contributed by atoms with Gasteiger partial charge >= 0.3 is 0 Å². The van der Waals surface area contributed by atoms with Gasteiger partial charge in [0.25, 0.3) is 0 Å². The van der Waals surface area contributed by atoms with E-state index < -0.39 is 10.0 Å². The van der Waals surface area contributed by atoms with Gasteiger partial charge in [-0.2, -0.15) is 16.1 Å². The summed E-state index contributed by atoms with van der Waals surface area (Å²) in [5, 5.41) is 0.754. The molecule has 7 heteroatoms. The molecule has 0 spiro atoms. The molecule has 3 aromatic rings. The Morgan fingerprint density at radius 2 is 1.85 bits per heavy atom. The van der Waals surface area contributed by atoms with Gasteiger partial charge in [0.1, 0.15) is 10.7 Å². The number of para-hydroxylation sites is 1. The lowest BCUT2D eigenvalue weighted by Crippen LogP contribution is -2.33. The van der Waals surface area contributed by atoms with E-state index in [9.17, 15) is 12.8 Å². The van der Waals surface area contributed by atoms with Crippen molar-refractivity contribution in [1.29, 1.82) is 0 Å². The van der Waals surface area contributed by atoms with Crippen molar-refractivity contribution in [3.63, 3.8) is 0 Å². The topological polar surface area (TPSA) is 50.3 Å². The maximum Gasteiger partial charge on any atom is 0.245 e. The number of benzene rings is 2. The normalized spacial score (nSPS) is 19.1. The van der Waals surface area contributed by atoms with Crippen molar-refractivity contribution in [2.45, 2.75) is 16.6 Å². The van der Waals surface area contributed by atoms with Crippen LogP contribution in [0.15, 0.2) is 65.7 Å². The number of hydrogen-bond acceptors (Lipinski definition) is 4. The summed E-state index contributed by atoms with van der Waals surface area (Å²) in [6.07, 6.45) is 2.18. The number of sulfonamides is 1. The highest BCUT2D eigenvalue weighted by Crippen LogP contribution is 2.37. The van der Waals surface area contributed by atoms with E-state index >= 15 is 0 Å². The fourth-order valence-electron chi connectivity index (χ4n) is 3.40. The molecule has 1 saturated heterocycles. The predicted octanol–water partition coefficient (Wildman–Crippen LogP) is 4.24. The lowest BCUT2D eigenvalue weighted by atomic mass is 10.1. The number of pyridine rings is 1. The summed E-state index contributed by atoms with van der Waals surface area (Å²) in [5.41, 5.74) is 1.14. The van der Waals surface area contributed by atoms with Crippen LogP contribution in [0.25, 0.3) is 10.9 Å². The van der Waals surface area contributed by atoms with Crippen molar-refractivity contribution in [1.82, 2.24) is 9.29 Å². The molecular formula is C20H19FN2O2S2. The third-order valence-corrected chi connectivity index (χ3v) is 8.01. The van der Waals surface area contributed by atoms with Gasteiger partial charge in [0.15, 0.2) is 0 Å². The van der Waals surface area contributed by atoms with Crippen LogP contribution < -0.4 is 0 Å². The second-order valence-electron chi connectivity index (χ2n) is 6.40. The summed E-state index contributed by atoms with van der Waals surface area (Å²) >= 11 is 1.61. The molecule has 4 nitrogen and oxygen atoms in total. The average Bonchev–Trinajstić information content (AvgIpc) is 2.94. The zero-order valence-corrected chi connectivity index (χ0v) is 16.2. The van der Waals surface area contributed by atoms with Gasteiger partial charge in [-0.25, -0.2) is 12.8 Å². The van der Waals surface area contributed by atoms with E-state index in [0.717, 1.165) is 5.39 Å². The summed E-state index contributed by atoms with van der Waals surface area (Å²) in [7, 11) is -3.66. The van der Waals surface area contributed by atoms with E-state index in [4.69, 9.17) is 0 Å². The van der Waals surface area contributed by atoms with Crippen LogP contribution in [0.2, 0.25) is 0 Å². The summed E-state index contributed by atoms with van der Waals surface area (Å²) in [6, 6.07) is 15.6. The average molecular weight is 403 g/mol. The zero-order valence-electron chi connectivity index (χ0n) is 14.6. The Kier molecular flexibility index (Phi) is 5.16. The van der Waals surface area contributed by atoms with Crippen molar-refractivity contribution in [2.24, 2.45) is 0 Å². The molecule has 4 rings (SSSR count). The Labute approximate surface area is 162 Å². The van der Waals surface area contributed by atoms with Crippen molar-refractivity contribution in [3.8, 4) is 0 Å². The molecule has 0 bridgehead atoms. The Bertz CT molecular complexity index is 1070.